The van der Waals surface area contributed by atoms with Crippen molar-refractivity contribution in [2.24, 2.45) is 0 Å². The van der Waals surface area contributed by atoms with Gasteiger partial charge in [0.1, 0.15) is 5.75 Å². The molecule has 6 nitrogen and oxygen atoms in total. The molecule has 27 heavy (non-hydrogen) atoms. The molecule has 0 N–H and O–H groups in total. The predicted molar refractivity (Wildman–Crippen MR) is 102 cm³/mol. The van der Waals surface area contributed by atoms with Crippen molar-refractivity contribution in [1.29, 1.82) is 0 Å². The summed E-state index contributed by atoms with van der Waals surface area (Å²) in [5.74, 6) is -0.0773. The lowest BCUT2D eigenvalue weighted by molar-refractivity contribution is 0.0726. The summed E-state index contributed by atoms with van der Waals surface area (Å²) in [6.45, 7) is 6.78. The Hall–Kier alpha value is -2.22. The van der Waals surface area contributed by atoms with Crippen LogP contribution in [0.3, 0.4) is 0 Å². The minimum Gasteiger partial charge on any atom is -0.422 e. The van der Waals surface area contributed by atoms with E-state index in [0.717, 1.165) is 11.1 Å². The molecule has 0 amide bonds. The maximum atomic E-state index is 13.0. The van der Waals surface area contributed by atoms with Gasteiger partial charge in [-0.2, -0.15) is 4.31 Å². The number of nitrogens with zero attached hydrogens (tertiary/aromatic N) is 1. The van der Waals surface area contributed by atoms with Crippen molar-refractivity contribution in [2.45, 2.75) is 25.7 Å². The fourth-order valence-corrected chi connectivity index (χ4v) is 4.70. The first-order chi connectivity index (χ1) is 12.8. The standard InChI is InChI=1S/C20H23NO5S/c1-14-7-8-17(20(22)26-19-15(2)5-4-6-16(19)3)13-18(14)27(23,24)21-9-11-25-12-10-21/h4-8,13H,9-12H2,1-3H3. The predicted octanol–water partition coefficient (Wildman–Crippen LogP) is 2.85. The molecule has 0 saturated carbocycles. The molecule has 0 spiro atoms. The summed E-state index contributed by atoms with van der Waals surface area (Å²) in [7, 11) is -3.69. The molecule has 0 aliphatic carbocycles. The van der Waals surface area contributed by atoms with Crippen LogP contribution in [0.15, 0.2) is 41.3 Å². The Labute approximate surface area is 159 Å². The van der Waals surface area contributed by atoms with E-state index in [1.165, 1.54) is 10.4 Å². The Bertz CT molecular complexity index is 942. The Balaban J connectivity index is 1.92. The fourth-order valence-electron chi connectivity index (χ4n) is 3.04. The highest BCUT2D eigenvalue weighted by Crippen LogP contribution is 2.26. The number of hydrogen-bond donors (Lipinski definition) is 0. The maximum Gasteiger partial charge on any atom is 0.343 e. The number of morpholine rings is 1. The summed E-state index contributed by atoms with van der Waals surface area (Å²) < 4.78 is 38.1. The van der Waals surface area contributed by atoms with E-state index in [9.17, 15) is 13.2 Å². The summed E-state index contributed by atoms with van der Waals surface area (Å²) in [5, 5.41) is 0. The van der Waals surface area contributed by atoms with Gasteiger partial charge < -0.3 is 9.47 Å². The van der Waals surface area contributed by atoms with E-state index in [2.05, 4.69) is 0 Å². The average Bonchev–Trinajstić information content (AvgIpc) is 2.65. The minimum atomic E-state index is -3.69. The first-order valence-corrected chi connectivity index (χ1v) is 10.2. The number of rotatable bonds is 4. The van der Waals surface area contributed by atoms with Crippen LogP contribution in [0.2, 0.25) is 0 Å². The third-order valence-corrected chi connectivity index (χ3v) is 6.66. The summed E-state index contributed by atoms with van der Waals surface area (Å²) in [6.07, 6.45) is 0. The Morgan fingerprint density at radius 1 is 1.00 bits per heavy atom. The molecule has 0 atom stereocenters. The zero-order chi connectivity index (χ0) is 19.6. The van der Waals surface area contributed by atoms with Crippen LogP contribution in [0.5, 0.6) is 5.75 Å². The largest absolute Gasteiger partial charge is 0.422 e. The van der Waals surface area contributed by atoms with Crippen molar-refractivity contribution in [3.8, 4) is 5.75 Å². The van der Waals surface area contributed by atoms with Crippen molar-refractivity contribution in [2.75, 3.05) is 26.3 Å². The molecule has 1 aliphatic heterocycles. The first-order valence-electron chi connectivity index (χ1n) is 8.77. The molecule has 1 aliphatic rings. The first kappa shape index (κ1) is 19.5. The van der Waals surface area contributed by atoms with Crippen LogP contribution in [0.1, 0.15) is 27.0 Å². The molecule has 0 bridgehead atoms. The van der Waals surface area contributed by atoms with Crippen LogP contribution in [-0.4, -0.2) is 45.0 Å². The molecule has 0 aromatic heterocycles. The van der Waals surface area contributed by atoms with Crippen LogP contribution in [0.4, 0.5) is 0 Å². The van der Waals surface area contributed by atoms with Gasteiger partial charge in [-0.3, -0.25) is 0 Å². The second-order valence-corrected chi connectivity index (χ2v) is 8.51. The third kappa shape index (κ3) is 4.05. The lowest BCUT2D eigenvalue weighted by Gasteiger charge is -2.26. The molecule has 3 rings (SSSR count). The van der Waals surface area contributed by atoms with E-state index in [1.54, 1.807) is 19.1 Å². The second-order valence-electron chi connectivity index (χ2n) is 6.61. The third-order valence-electron chi connectivity index (χ3n) is 4.62. The molecule has 0 radical (unpaired) electrons. The molecule has 144 valence electrons. The molecule has 0 unspecified atom stereocenters. The number of sulfonamides is 1. The highest BCUT2D eigenvalue weighted by Gasteiger charge is 2.28. The SMILES string of the molecule is Cc1ccc(C(=O)Oc2c(C)cccc2C)cc1S(=O)(=O)N1CCOCC1. The highest BCUT2D eigenvalue weighted by molar-refractivity contribution is 7.89. The maximum absolute atomic E-state index is 13.0. The lowest BCUT2D eigenvalue weighted by Crippen LogP contribution is -2.40. The number of para-hydroxylation sites is 1. The van der Waals surface area contributed by atoms with Crippen LogP contribution in [0, 0.1) is 20.8 Å². The van der Waals surface area contributed by atoms with E-state index in [1.807, 2.05) is 32.0 Å². The smallest absolute Gasteiger partial charge is 0.343 e. The van der Waals surface area contributed by atoms with E-state index < -0.39 is 16.0 Å². The van der Waals surface area contributed by atoms with Crippen molar-refractivity contribution >= 4 is 16.0 Å². The Morgan fingerprint density at radius 2 is 1.63 bits per heavy atom. The van der Waals surface area contributed by atoms with E-state index in [0.29, 0.717) is 37.6 Å². The summed E-state index contributed by atoms with van der Waals surface area (Å²) in [4.78, 5) is 12.8. The van der Waals surface area contributed by atoms with Crippen molar-refractivity contribution in [1.82, 2.24) is 4.31 Å². The quantitative estimate of drug-likeness (QED) is 0.594. The van der Waals surface area contributed by atoms with Crippen LogP contribution < -0.4 is 4.74 Å². The monoisotopic (exact) mass is 389 g/mol. The number of hydrogen-bond acceptors (Lipinski definition) is 5. The topological polar surface area (TPSA) is 72.9 Å². The van der Waals surface area contributed by atoms with E-state index >= 15 is 0 Å². The normalized spacial score (nSPS) is 15.5. The highest BCUT2D eigenvalue weighted by atomic mass is 32.2. The zero-order valence-corrected chi connectivity index (χ0v) is 16.5. The Kier molecular flexibility index (Phi) is 5.64. The average molecular weight is 389 g/mol. The molecular formula is C20H23NO5S. The van der Waals surface area contributed by atoms with Gasteiger partial charge in [0.25, 0.3) is 0 Å². The van der Waals surface area contributed by atoms with Gasteiger partial charge in [0.05, 0.1) is 23.7 Å². The molecular weight excluding hydrogens is 366 g/mol. The summed E-state index contributed by atoms with van der Waals surface area (Å²) >= 11 is 0. The molecule has 1 heterocycles. The van der Waals surface area contributed by atoms with Gasteiger partial charge >= 0.3 is 5.97 Å². The second kappa shape index (κ2) is 7.80. The minimum absolute atomic E-state index is 0.125. The summed E-state index contributed by atoms with van der Waals surface area (Å²) in [6, 6.07) is 10.2. The van der Waals surface area contributed by atoms with E-state index in [4.69, 9.17) is 9.47 Å². The molecule has 2 aromatic carbocycles. The fraction of sp³-hybridized carbons (Fsp3) is 0.350. The number of carbonyl (C=O) groups is 1. The van der Waals surface area contributed by atoms with E-state index in [-0.39, 0.29) is 10.5 Å². The zero-order valence-electron chi connectivity index (χ0n) is 15.7. The van der Waals surface area contributed by atoms with Gasteiger partial charge in [0.15, 0.2) is 0 Å². The number of carbonyl (C=O) groups excluding carboxylic acids is 1. The molecule has 7 heteroatoms. The van der Waals surface area contributed by atoms with Crippen LogP contribution in [-0.2, 0) is 14.8 Å². The van der Waals surface area contributed by atoms with Gasteiger partial charge in [-0.1, -0.05) is 24.3 Å². The number of esters is 1. The summed E-state index contributed by atoms with van der Waals surface area (Å²) in [5.41, 5.74) is 2.48. The van der Waals surface area contributed by atoms with Crippen molar-refractivity contribution < 1.29 is 22.7 Å². The molecule has 2 aromatic rings. The van der Waals surface area contributed by atoms with Gasteiger partial charge in [0.2, 0.25) is 10.0 Å². The number of benzene rings is 2. The van der Waals surface area contributed by atoms with Crippen molar-refractivity contribution in [3.05, 3.63) is 58.7 Å². The van der Waals surface area contributed by atoms with Crippen molar-refractivity contribution in [3.63, 3.8) is 0 Å². The molecule has 1 fully saturated rings. The molecule has 1 saturated heterocycles. The van der Waals surface area contributed by atoms with Crippen LogP contribution in [0.25, 0.3) is 0 Å². The van der Waals surface area contributed by atoms with Gasteiger partial charge in [-0.25, -0.2) is 13.2 Å². The Morgan fingerprint density at radius 3 is 2.26 bits per heavy atom. The van der Waals surface area contributed by atoms with Gasteiger partial charge in [-0.15, -0.1) is 0 Å². The van der Waals surface area contributed by atoms with Crippen LogP contribution >= 0.6 is 0 Å². The lowest BCUT2D eigenvalue weighted by atomic mass is 10.1. The number of ether oxygens (including phenoxy) is 2. The number of aryl methyl sites for hydroxylation is 3. The van der Waals surface area contributed by atoms with Gasteiger partial charge in [0, 0.05) is 13.1 Å². The van der Waals surface area contributed by atoms with Gasteiger partial charge in [-0.05, 0) is 49.6 Å².